The van der Waals surface area contributed by atoms with E-state index in [1.54, 1.807) is 0 Å². The number of nitrogens with zero attached hydrogens (tertiary/aromatic N) is 3. The largest absolute Gasteiger partial charge is 0.458 e. The van der Waals surface area contributed by atoms with Gasteiger partial charge in [0.2, 0.25) is 0 Å². The number of carbonyl (C=O) groups excluding carboxylic acids is 1. The first-order chi connectivity index (χ1) is 15.2. The maximum atomic E-state index is 13.5. The van der Waals surface area contributed by atoms with Gasteiger partial charge in [-0.2, -0.15) is 0 Å². The van der Waals surface area contributed by atoms with Crippen LogP contribution in [0.2, 0.25) is 0 Å². The first-order valence-electron chi connectivity index (χ1n) is 10.6. The van der Waals surface area contributed by atoms with Crippen molar-refractivity contribution in [1.29, 1.82) is 0 Å². The van der Waals surface area contributed by atoms with Gasteiger partial charge in [-0.05, 0) is 35.1 Å². The summed E-state index contributed by atoms with van der Waals surface area (Å²) < 4.78 is 5.95. The highest BCUT2D eigenvalue weighted by atomic mass is 16.5. The first-order valence-corrected chi connectivity index (χ1v) is 10.6. The Morgan fingerprint density at radius 2 is 1.39 bits per heavy atom. The molecule has 0 aromatic heterocycles. The number of esters is 1. The molecule has 0 amide bonds. The van der Waals surface area contributed by atoms with Gasteiger partial charge in [-0.3, -0.25) is 4.79 Å². The second-order valence-electron chi connectivity index (χ2n) is 7.97. The van der Waals surface area contributed by atoms with Crippen LogP contribution in [0.5, 0.6) is 0 Å². The van der Waals surface area contributed by atoms with Crippen LogP contribution in [0.1, 0.15) is 41.6 Å². The number of benzene rings is 3. The van der Waals surface area contributed by atoms with Crippen molar-refractivity contribution < 1.29 is 9.53 Å². The van der Waals surface area contributed by atoms with Crippen molar-refractivity contribution in [2.45, 2.75) is 24.9 Å². The number of azide groups is 1. The van der Waals surface area contributed by atoms with Crippen LogP contribution in [-0.2, 0) is 9.53 Å². The summed E-state index contributed by atoms with van der Waals surface area (Å²) in [5, 5.41) is 3.88. The second kappa shape index (κ2) is 9.50. The summed E-state index contributed by atoms with van der Waals surface area (Å²) in [5.41, 5.74) is 12.0. The zero-order chi connectivity index (χ0) is 21.6. The Kier molecular flexibility index (Phi) is 6.34. The molecular formula is C26H25N3O2. The zero-order valence-corrected chi connectivity index (χ0v) is 17.4. The van der Waals surface area contributed by atoms with Crippen LogP contribution in [0.15, 0.2) is 96.1 Å². The van der Waals surface area contributed by atoms with Crippen molar-refractivity contribution in [3.05, 3.63) is 118 Å². The third kappa shape index (κ3) is 4.32. The van der Waals surface area contributed by atoms with E-state index in [0.29, 0.717) is 6.54 Å². The summed E-state index contributed by atoms with van der Waals surface area (Å²) in [6, 6.07) is 29.7. The van der Waals surface area contributed by atoms with Crippen molar-refractivity contribution in [2.75, 3.05) is 6.54 Å². The monoisotopic (exact) mass is 411 g/mol. The Morgan fingerprint density at radius 1 is 0.903 bits per heavy atom. The van der Waals surface area contributed by atoms with Crippen LogP contribution in [-0.4, -0.2) is 12.5 Å². The average Bonchev–Trinajstić information content (AvgIpc) is 2.80. The molecule has 1 saturated carbocycles. The summed E-state index contributed by atoms with van der Waals surface area (Å²) in [4.78, 5) is 16.5. The lowest BCUT2D eigenvalue weighted by molar-refractivity contribution is -0.162. The van der Waals surface area contributed by atoms with E-state index in [2.05, 4.69) is 10.0 Å². The molecule has 0 heterocycles. The third-order valence-corrected chi connectivity index (χ3v) is 6.26. The number of rotatable bonds is 7. The number of hydrogen-bond acceptors (Lipinski definition) is 3. The Balaban J connectivity index is 1.67. The van der Waals surface area contributed by atoms with Crippen LogP contribution in [0.3, 0.4) is 0 Å². The van der Waals surface area contributed by atoms with E-state index >= 15 is 0 Å². The smallest absolute Gasteiger partial charge is 0.310 e. The van der Waals surface area contributed by atoms with Crippen molar-refractivity contribution in [3.63, 3.8) is 0 Å². The highest BCUT2D eigenvalue weighted by Crippen LogP contribution is 2.58. The Morgan fingerprint density at radius 3 is 1.87 bits per heavy atom. The Bertz CT molecular complexity index is 1000. The van der Waals surface area contributed by atoms with Gasteiger partial charge in [-0.1, -0.05) is 96.1 Å². The predicted molar refractivity (Wildman–Crippen MR) is 120 cm³/mol. The molecule has 0 unspecified atom stereocenters. The number of hydrogen-bond donors (Lipinski definition) is 0. The Labute approximate surface area is 182 Å². The van der Waals surface area contributed by atoms with Gasteiger partial charge < -0.3 is 4.74 Å². The minimum Gasteiger partial charge on any atom is -0.458 e. The van der Waals surface area contributed by atoms with Gasteiger partial charge in [-0.15, -0.1) is 0 Å². The summed E-state index contributed by atoms with van der Waals surface area (Å²) in [6.07, 6.45) is -0.335. The van der Waals surface area contributed by atoms with Gasteiger partial charge >= 0.3 is 5.97 Å². The molecule has 31 heavy (non-hydrogen) atoms. The summed E-state index contributed by atoms with van der Waals surface area (Å²) in [5.74, 6) is -0.642. The summed E-state index contributed by atoms with van der Waals surface area (Å²) in [6.45, 7) is 2.24. The van der Waals surface area contributed by atoms with Gasteiger partial charge in [0.1, 0.15) is 6.10 Å². The molecule has 3 aromatic rings. The molecule has 0 radical (unpaired) electrons. The lowest BCUT2D eigenvalue weighted by Crippen LogP contribution is -2.49. The van der Waals surface area contributed by atoms with Gasteiger partial charge in [-0.25, -0.2) is 0 Å². The van der Waals surface area contributed by atoms with Crippen LogP contribution in [0.25, 0.3) is 10.4 Å². The first kappa shape index (κ1) is 20.7. The SMILES string of the molecule is C[C@H](OC(=O)[C@H]1[C@H](c2ccccc2)[C@@H](CN=[N+]=[N-])[C@H]1c1ccccc1)c1ccccc1. The quantitative estimate of drug-likeness (QED) is 0.195. The van der Waals surface area contributed by atoms with Crippen molar-refractivity contribution in [3.8, 4) is 0 Å². The van der Waals surface area contributed by atoms with E-state index in [9.17, 15) is 4.79 Å². The lowest BCUT2D eigenvalue weighted by Gasteiger charge is -2.51. The van der Waals surface area contributed by atoms with E-state index in [-0.39, 0.29) is 35.7 Å². The topological polar surface area (TPSA) is 75.1 Å². The second-order valence-corrected chi connectivity index (χ2v) is 7.97. The molecule has 4 rings (SSSR count). The molecule has 0 spiro atoms. The highest BCUT2D eigenvalue weighted by molar-refractivity contribution is 5.77. The molecular weight excluding hydrogens is 386 g/mol. The summed E-state index contributed by atoms with van der Waals surface area (Å²) >= 11 is 0. The number of carbonyl (C=O) groups is 1. The average molecular weight is 412 g/mol. The third-order valence-electron chi connectivity index (χ3n) is 6.26. The molecule has 1 aliphatic rings. The molecule has 5 heteroatoms. The fourth-order valence-electron chi connectivity index (χ4n) is 4.79. The highest BCUT2D eigenvalue weighted by Gasteiger charge is 2.55. The van der Waals surface area contributed by atoms with Crippen molar-refractivity contribution in [1.82, 2.24) is 0 Å². The summed E-state index contributed by atoms with van der Waals surface area (Å²) in [7, 11) is 0. The van der Waals surface area contributed by atoms with Crippen LogP contribution in [0.4, 0.5) is 0 Å². The normalized spacial score (nSPS) is 23.1. The van der Waals surface area contributed by atoms with E-state index in [0.717, 1.165) is 16.7 Å². The fraction of sp³-hybridized carbons (Fsp3) is 0.269. The van der Waals surface area contributed by atoms with Crippen LogP contribution < -0.4 is 0 Å². The molecule has 0 aliphatic heterocycles. The van der Waals surface area contributed by atoms with Gasteiger partial charge in [0.25, 0.3) is 0 Å². The fourth-order valence-corrected chi connectivity index (χ4v) is 4.79. The molecule has 3 aromatic carbocycles. The molecule has 0 saturated heterocycles. The Hall–Kier alpha value is -3.56. The molecule has 0 N–H and O–H groups in total. The van der Waals surface area contributed by atoms with Crippen LogP contribution in [0, 0.1) is 11.8 Å². The molecule has 5 nitrogen and oxygen atoms in total. The van der Waals surface area contributed by atoms with E-state index in [1.165, 1.54) is 0 Å². The number of ether oxygens (including phenoxy) is 1. The molecule has 1 fully saturated rings. The maximum Gasteiger partial charge on any atom is 0.310 e. The van der Waals surface area contributed by atoms with E-state index < -0.39 is 0 Å². The maximum absolute atomic E-state index is 13.5. The minimum atomic E-state index is -0.338. The standard InChI is InChI=1S/C26H25N3O2/c1-18(19-11-5-2-6-12-19)31-26(30)25-23(20-13-7-3-8-14-20)22(17-28-29-27)24(25)21-15-9-4-10-16-21/h2-16,18,22-25H,17H2,1H3/t18-,22-,23+,24+,25+/m0/s1. The minimum absolute atomic E-state index is 0.0327. The van der Waals surface area contributed by atoms with Crippen molar-refractivity contribution in [2.24, 2.45) is 17.0 Å². The van der Waals surface area contributed by atoms with Gasteiger partial charge in [0.15, 0.2) is 0 Å². The molecule has 1 aliphatic carbocycles. The molecule has 156 valence electrons. The van der Waals surface area contributed by atoms with E-state index in [1.807, 2.05) is 97.9 Å². The molecule has 3 atom stereocenters. The van der Waals surface area contributed by atoms with Crippen molar-refractivity contribution >= 4 is 5.97 Å². The predicted octanol–water partition coefficient (Wildman–Crippen LogP) is 6.41. The zero-order valence-electron chi connectivity index (χ0n) is 17.4. The van der Waals surface area contributed by atoms with Gasteiger partial charge in [0.05, 0.1) is 5.92 Å². The lowest BCUT2D eigenvalue weighted by atomic mass is 9.52. The van der Waals surface area contributed by atoms with Gasteiger partial charge in [0, 0.05) is 23.3 Å². The molecule has 0 bridgehead atoms. The van der Waals surface area contributed by atoms with Crippen LogP contribution >= 0.6 is 0 Å². The van der Waals surface area contributed by atoms with E-state index in [4.69, 9.17) is 10.3 Å².